The normalized spacial score (nSPS) is 11.6. The van der Waals surface area contributed by atoms with E-state index in [0.29, 0.717) is 5.56 Å². The van der Waals surface area contributed by atoms with E-state index >= 15 is 0 Å². The Kier molecular flexibility index (Phi) is 7.37. The molecule has 148 valence electrons. The summed E-state index contributed by atoms with van der Waals surface area (Å²) in [7, 11) is 0. The van der Waals surface area contributed by atoms with Gasteiger partial charge in [-0.3, -0.25) is 4.98 Å². The third kappa shape index (κ3) is 4.67. The highest BCUT2D eigenvalue weighted by atomic mass is 19.1. The zero-order chi connectivity index (χ0) is 20.1. The number of phenolic OH excluding ortho intramolecular Hbond substituents is 1. The van der Waals surface area contributed by atoms with Crippen LogP contribution in [0.3, 0.4) is 0 Å². The van der Waals surface area contributed by atoms with Crippen molar-refractivity contribution in [1.82, 2.24) is 4.98 Å². The molecule has 0 saturated carbocycles. The zero-order valence-corrected chi connectivity index (χ0v) is 17.1. The Morgan fingerprint density at radius 3 is 2.15 bits per heavy atom. The third-order valence-electron chi connectivity index (χ3n) is 4.97. The summed E-state index contributed by atoms with van der Waals surface area (Å²) in [4.78, 5) is 4.94. The lowest BCUT2D eigenvalue weighted by Crippen LogP contribution is -2.12. The number of pyridine rings is 1. The second-order valence-electron chi connectivity index (χ2n) is 7.80. The van der Waals surface area contributed by atoms with Crippen LogP contribution in [0.4, 0.5) is 4.39 Å². The predicted molar refractivity (Wildman–Crippen MR) is 109 cm³/mol. The van der Waals surface area contributed by atoms with Crippen LogP contribution in [-0.4, -0.2) is 15.2 Å². The van der Waals surface area contributed by atoms with Crippen LogP contribution in [-0.2, 0) is 13.0 Å². The van der Waals surface area contributed by atoms with Crippen LogP contribution >= 0.6 is 0 Å². The van der Waals surface area contributed by atoms with Gasteiger partial charge in [0, 0.05) is 28.6 Å². The second-order valence-corrected chi connectivity index (χ2v) is 7.80. The number of rotatable bonds is 8. The molecule has 1 aromatic heterocycles. The van der Waals surface area contributed by atoms with Gasteiger partial charge >= 0.3 is 0 Å². The first kappa shape index (κ1) is 21.4. The SMILES string of the molecule is CCCCCc1c(C(C)C)nc(C(C)C)c(CO)c1-c1ccc(F)cc1O. The van der Waals surface area contributed by atoms with Crippen molar-refractivity contribution in [2.45, 2.75) is 78.7 Å². The van der Waals surface area contributed by atoms with Crippen molar-refractivity contribution in [2.75, 3.05) is 0 Å². The molecule has 0 aliphatic carbocycles. The maximum atomic E-state index is 13.6. The molecule has 4 heteroatoms. The molecule has 0 bridgehead atoms. The van der Waals surface area contributed by atoms with Crippen LogP contribution in [0.25, 0.3) is 11.1 Å². The van der Waals surface area contributed by atoms with Gasteiger partial charge in [0.15, 0.2) is 0 Å². The van der Waals surface area contributed by atoms with Gasteiger partial charge in [-0.2, -0.15) is 0 Å². The van der Waals surface area contributed by atoms with Crippen LogP contribution in [0.2, 0.25) is 0 Å². The maximum Gasteiger partial charge on any atom is 0.126 e. The molecule has 0 radical (unpaired) electrons. The van der Waals surface area contributed by atoms with E-state index in [2.05, 4.69) is 34.6 Å². The quantitative estimate of drug-likeness (QED) is 0.553. The third-order valence-corrected chi connectivity index (χ3v) is 4.97. The Morgan fingerprint density at radius 2 is 1.63 bits per heavy atom. The molecule has 2 N–H and O–H groups in total. The van der Waals surface area contributed by atoms with E-state index in [9.17, 15) is 14.6 Å². The molecule has 0 saturated heterocycles. The topological polar surface area (TPSA) is 53.4 Å². The number of nitrogens with zero attached hydrogens (tertiary/aromatic N) is 1. The van der Waals surface area contributed by atoms with Crippen molar-refractivity contribution in [3.05, 3.63) is 46.5 Å². The van der Waals surface area contributed by atoms with Crippen LogP contribution in [0, 0.1) is 5.82 Å². The Labute approximate surface area is 162 Å². The van der Waals surface area contributed by atoms with Crippen molar-refractivity contribution < 1.29 is 14.6 Å². The van der Waals surface area contributed by atoms with Gasteiger partial charge in [-0.25, -0.2) is 4.39 Å². The van der Waals surface area contributed by atoms with Crippen LogP contribution in [0.1, 0.15) is 88.2 Å². The molecule has 1 heterocycles. The first-order valence-electron chi connectivity index (χ1n) is 9.97. The number of aliphatic hydroxyl groups is 1. The number of phenols is 1. The molecule has 0 fully saturated rings. The number of aromatic hydroxyl groups is 1. The van der Waals surface area contributed by atoms with Gasteiger partial charge in [-0.1, -0.05) is 47.5 Å². The molecule has 27 heavy (non-hydrogen) atoms. The average molecular weight is 374 g/mol. The largest absolute Gasteiger partial charge is 0.507 e. The molecule has 0 unspecified atom stereocenters. The van der Waals surface area contributed by atoms with E-state index in [1.807, 2.05) is 0 Å². The Bertz CT molecular complexity index is 784. The number of unbranched alkanes of at least 4 members (excludes halogenated alkanes) is 2. The molecular weight excluding hydrogens is 341 g/mol. The Balaban J connectivity index is 2.85. The van der Waals surface area contributed by atoms with Crippen molar-refractivity contribution in [2.24, 2.45) is 0 Å². The molecule has 0 amide bonds. The van der Waals surface area contributed by atoms with Crippen LogP contribution in [0.15, 0.2) is 18.2 Å². The summed E-state index contributed by atoms with van der Waals surface area (Å²) in [5, 5.41) is 20.7. The van der Waals surface area contributed by atoms with E-state index in [1.54, 1.807) is 6.07 Å². The fraction of sp³-hybridized carbons (Fsp3) is 0.522. The van der Waals surface area contributed by atoms with Crippen molar-refractivity contribution in [3.8, 4) is 16.9 Å². The van der Waals surface area contributed by atoms with Gasteiger partial charge in [-0.15, -0.1) is 0 Å². The number of hydrogen-bond acceptors (Lipinski definition) is 3. The molecule has 0 aliphatic heterocycles. The molecule has 1 aromatic carbocycles. The van der Waals surface area contributed by atoms with E-state index in [0.717, 1.165) is 59.8 Å². The van der Waals surface area contributed by atoms with Crippen LogP contribution in [0.5, 0.6) is 5.75 Å². The Morgan fingerprint density at radius 1 is 1.00 bits per heavy atom. The molecular formula is C23H32FNO2. The molecule has 2 rings (SSSR count). The van der Waals surface area contributed by atoms with Gasteiger partial charge in [0.2, 0.25) is 0 Å². The first-order chi connectivity index (χ1) is 12.8. The molecule has 0 spiro atoms. The molecule has 2 aromatic rings. The smallest absolute Gasteiger partial charge is 0.126 e. The summed E-state index contributed by atoms with van der Waals surface area (Å²) < 4.78 is 13.6. The molecule has 3 nitrogen and oxygen atoms in total. The lowest BCUT2D eigenvalue weighted by atomic mass is 9.85. The predicted octanol–water partition coefficient (Wildman–Crippen LogP) is 6.07. The summed E-state index contributed by atoms with van der Waals surface area (Å²) in [6.45, 7) is 10.3. The summed E-state index contributed by atoms with van der Waals surface area (Å²) >= 11 is 0. The Hall–Kier alpha value is -1.94. The number of aromatic nitrogens is 1. The number of aliphatic hydroxyl groups excluding tert-OH is 1. The van der Waals surface area contributed by atoms with E-state index in [-0.39, 0.29) is 24.2 Å². The fourth-order valence-electron chi connectivity index (χ4n) is 3.66. The van der Waals surface area contributed by atoms with Gasteiger partial charge < -0.3 is 10.2 Å². The fourth-order valence-corrected chi connectivity index (χ4v) is 3.66. The van der Waals surface area contributed by atoms with Gasteiger partial charge in [0.05, 0.1) is 6.61 Å². The van der Waals surface area contributed by atoms with Crippen molar-refractivity contribution >= 4 is 0 Å². The lowest BCUT2D eigenvalue weighted by Gasteiger charge is -2.24. The maximum absolute atomic E-state index is 13.6. The summed E-state index contributed by atoms with van der Waals surface area (Å²) in [6.07, 6.45) is 4.05. The first-order valence-corrected chi connectivity index (χ1v) is 9.97. The van der Waals surface area contributed by atoms with Crippen molar-refractivity contribution in [1.29, 1.82) is 0 Å². The number of benzene rings is 1. The highest BCUT2D eigenvalue weighted by Crippen LogP contribution is 2.41. The highest BCUT2D eigenvalue weighted by molar-refractivity contribution is 5.77. The highest BCUT2D eigenvalue weighted by Gasteiger charge is 2.24. The lowest BCUT2D eigenvalue weighted by molar-refractivity contribution is 0.279. The number of hydrogen-bond donors (Lipinski definition) is 2. The standard InChI is InChI=1S/C23H32FNO2/c1-6-7-8-9-18-21(17-11-10-16(24)12-20(17)27)19(13-26)23(15(4)5)25-22(18)14(2)3/h10-12,14-15,26-27H,6-9,13H2,1-5H3. The van der Waals surface area contributed by atoms with Crippen molar-refractivity contribution in [3.63, 3.8) is 0 Å². The minimum atomic E-state index is -0.475. The van der Waals surface area contributed by atoms with Gasteiger partial charge in [-0.05, 0) is 47.9 Å². The van der Waals surface area contributed by atoms with E-state index in [1.165, 1.54) is 6.07 Å². The minimum absolute atomic E-state index is 0.1000. The summed E-state index contributed by atoms with van der Waals surface area (Å²) in [5.41, 5.74) is 5.05. The zero-order valence-electron chi connectivity index (χ0n) is 17.1. The summed E-state index contributed by atoms with van der Waals surface area (Å²) in [5.74, 6) is -0.225. The number of halogens is 1. The van der Waals surface area contributed by atoms with E-state index in [4.69, 9.17) is 4.98 Å². The van der Waals surface area contributed by atoms with Crippen LogP contribution < -0.4 is 0 Å². The van der Waals surface area contributed by atoms with Gasteiger partial charge in [0.25, 0.3) is 0 Å². The second kappa shape index (κ2) is 9.32. The minimum Gasteiger partial charge on any atom is -0.507 e. The van der Waals surface area contributed by atoms with Gasteiger partial charge in [0.1, 0.15) is 11.6 Å². The average Bonchev–Trinajstić information content (AvgIpc) is 2.61. The monoisotopic (exact) mass is 373 g/mol. The van der Waals surface area contributed by atoms with E-state index < -0.39 is 5.82 Å². The molecule has 0 aliphatic rings. The summed E-state index contributed by atoms with van der Waals surface area (Å²) in [6, 6.07) is 4.10. The molecule has 0 atom stereocenters.